The lowest BCUT2D eigenvalue weighted by molar-refractivity contribution is -0.146. The second kappa shape index (κ2) is 7.83. The van der Waals surface area contributed by atoms with E-state index >= 15 is 0 Å². The Kier molecular flexibility index (Phi) is 5.52. The van der Waals surface area contributed by atoms with Crippen LogP contribution in [0.2, 0.25) is 0 Å². The van der Waals surface area contributed by atoms with Gasteiger partial charge in [-0.2, -0.15) is 0 Å². The number of rotatable bonds is 5. The van der Waals surface area contributed by atoms with E-state index in [1.165, 1.54) is 7.11 Å². The molecule has 6 heteroatoms. The van der Waals surface area contributed by atoms with E-state index in [-0.39, 0.29) is 18.0 Å². The third kappa shape index (κ3) is 3.42. The van der Waals surface area contributed by atoms with Crippen molar-refractivity contribution in [3.8, 4) is 0 Å². The van der Waals surface area contributed by atoms with Crippen LogP contribution in [-0.2, 0) is 20.8 Å². The van der Waals surface area contributed by atoms with Crippen LogP contribution < -0.4 is 0 Å². The number of hydrogen-bond acceptors (Lipinski definition) is 6. The summed E-state index contributed by atoms with van der Waals surface area (Å²) < 4.78 is 10.2. The van der Waals surface area contributed by atoms with Gasteiger partial charge in [0.05, 0.1) is 30.5 Å². The molecule has 1 aromatic carbocycles. The molecule has 1 unspecified atom stereocenters. The van der Waals surface area contributed by atoms with Gasteiger partial charge in [-0.25, -0.2) is 4.79 Å². The van der Waals surface area contributed by atoms with Crippen LogP contribution in [0.15, 0.2) is 24.3 Å². The fourth-order valence-corrected chi connectivity index (χ4v) is 3.64. The van der Waals surface area contributed by atoms with E-state index in [1.807, 2.05) is 36.1 Å². The van der Waals surface area contributed by atoms with Crippen molar-refractivity contribution in [3.05, 3.63) is 41.1 Å². The quantitative estimate of drug-likeness (QED) is 0.768. The van der Waals surface area contributed by atoms with Crippen LogP contribution in [0.4, 0.5) is 0 Å². The maximum absolute atomic E-state index is 12.6. The first-order valence-electron chi connectivity index (χ1n) is 8.94. The van der Waals surface area contributed by atoms with Gasteiger partial charge in [0.25, 0.3) is 0 Å². The summed E-state index contributed by atoms with van der Waals surface area (Å²) in [5.74, 6) is -0.607. The van der Waals surface area contributed by atoms with Crippen molar-refractivity contribution in [2.75, 3.05) is 20.3 Å². The van der Waals surface area contributed by atoms with Crippen molar-refractivity contribution >= 4 is 22.8 Å². The predicted molar refractivity (Wildman–Crippen MR) is 97.9 cm³/mol. The minimum atomic E-state index is -0.368. The van der Waals surface area contributed by atoms with Gasteiger partial charge in [-0.05, 0) is 44.9 Å². The fourth-order valence-electron chi connectivity index (χ4n) is 3.64. The number of carbonyl (C=O) groups excluding carboxylic acids is 2. The third-order valence-corrected chi connectivity index (χ3v) is 4.90. The predicted octanol–water partition coefficient (Wildman–Crippen LogP) is 2.86. The van der Waals surface area contributed by atoms with Gasteiger partial charge in [-0.3, -0.25) is 14.7 Å². The number of nitrogens with zero attached hydrogens (tertiary/aromatic N) is 2. The normalized spacial score (nSPS) is 17.4. The Labute approximate surface area is 153 Å². The number of pyridine rings is 1. The average Bonchev–Trinajstić information content (AvgIpc) is 3.09. The molecular formula is C20H24N2O4. The Bertz CT molecular complexity index is 834. The van der Waals surface area contributed by atoms with Crippen LogP contribution >= 0.6 is 0 Å². The molecule has 2 aromatic rings. The SMILES string of the molecule is CCOC(=O)c1c(CN2CCCC2C(=O)OC)nc2ccccc2c1C. The Balaban J connectivity index is 2.04. The highest BCUT2D eigenvalue weighted by atomic mass is 16.5. The van der Waals surface area contributed by atoms with Crippen molar-refractivity contribution in [2.24, 2.45) is 0 Å². The third-order valence-electron chi connectivity index (χ3n) is 4.90. The molecule has 2 heterocycles. The molecular weight excluding hydrogens is 332 g/mol. The van der Waals surface area contributed by atoms with Crippen LogP contribution in [0.25, 0.3) is 10.9 Å². The number of likely N-dealkylation sites (tertiary alicyclic amines) is 1. The van der Waals surface area contributed by atoms with Crippen LogP contribution in [0.5, 0.6) is 0 Å². The number of para-hydroxylation sites is 1. The number of benzene rings is 1. The minimum absolute atomic E-state index is 0.238. The summed E-state index contributed by atoms with van der Waals surface area (Å²) in [6, 6.07) is 7.46. The number of fused-ring (bicyclic) bond motifs is 1. The summed E-state index contributed by atoms with van der Waals surface area (Å²) in [6.45, 7) is 5.20. The first kappa shape index (κ1) is 18.3. The second-order valence-electron chi connectivity index (χ2n) is 6.45. The molecule has 6 nitrogen and oxygen atoms in total. The highest BCUT2D eigenvalue weighted by Crippen LogP contribution is 2.27. The maximum Gasteiger partial charge on any atom is 0.340 e. The van der Waals surface area contributed by atoms with Gasteiger partial charge in [0.15, 0.2) is 0 Å². The van der Waals surface area contributed by atoms with Crippen molar-refractivity contribution in [1.29, 1.82) is 0 Å². The Morgan fingerprint density at radius 2 is 2.08 bits per heavy atom. The molecule has 1 saturated heterocycles. The smallest absolute Gasteiger partial charge is 0.340 e. The van der Waals surface area contributed by atoms with E-state index in [1.54, 1.807) is 6.92 Å². The van der Waals surface area contributed by atoms with E-state index < -0.39 is 0 Å². The first-order chi connectivity index (χ1) is 12.6. The molecule has 0 saturated carbocycles. The van der Waals surface area contributed by atoms with Crippen molar-refractivity contribution in [1.82, 2.24) is 9.88 Å². The van der Waals surface area contributed by atoms with E-state index in [9.17, 15) is 9.59 Å². The number of methoxy groups -OCH3 is 1. The molecule has 0 aliphatic carbocycles. The molecule has 3 rings (SSSR count). The molecule has 0 amide bonds. The highest BCUT2D eigenvalue weighted by Gasteiger charge is 2.33. The van der Waals surface area contributed by atoms with Crippen LogP contribution in [0.1, 0.15) is 41.4 Å². The molecule has 0 radical (unpaired) electrons. The molecule has 0 spiro atoms. The molecule has 1 fully saturated rings. The van der Waals surface area contributed by atoms with Gasteiger partial charge in [0, 0.05) is 11.9 Å². The van der Waals surface area contributed by atoms with Crippen LogP contribution in [0.3, 0.4) is 0 Å². The number of carbonyl (C=O) groups is 2. The maximum atomic E-state index is 12.6. The first-order valence-corrected chi connectivity index (χ1v) is 8.94. The number of hydrogen-bond donors (Lipinski definition) is 0. The van der Waals surface area contributed by atoms with E-state index in [0.717, 1.165) is 35.9 Å². The minimum Gasteiger partial charge on any atom is -0.468 e. The Morgan fingerprint density at radius 3 is 2.81 bits per heavy atom. The summed E-state index contributed by atoms with van der Waals surface area (Å²) in [5.41, 5.74) is 2.84. The van der Waals surface area contributed by atoms with Gasteiger partial charge in [-0.1, -0.05) is 18.2 Å². The zero-order valence-electron chi connectivity index (χ0n) is 15.4. The standard InChI is InChI=1S/C20H24N2O4/c1-4-26-20(24)18-13(2)14-8-5-6-9-15(14)21-16(18)12-22-11-7-10-17(22)19(23)25-3/h5-6,8-9,17H,4,7,10-12H2,1-3H3. The number of aromatic nitrogens is 1. The van der Waals surface area contributed by atoms with Gasteiger partial charge >= 0.3 is 11.9 Å². The largest absolute Gasteiger partial charge is 0.468 e. The average molecular weight is 356 g/mol. The lowest BCUT2D eigenvalue weighted by Gasteiger charge is -2.23. The van der Waals surface area contributed by atoms with E-state index in [4.69, 9.17) is 14.5 Å². The Hall–Kier alpha value is -2.47. The molecule has 1 atom stereocenters. The van der Waals surface area contributed by atoms with Crippen LogP contribution in [0, 0.1) is 6.92 Å². The molecule has 138 valence electrons. The van der Waals surface area contributed by atoms with E-state index in [2.05, 4.69) is 0 Å². The molecule has 1 aromatic heterocycles. The van der Waals surface area contributed by atoms with Gasteiger partial charge in [0.1, 0.15) is 6.04 Å². The number of esters is 2. The molecule has 1 aliphatic heterocycles. The summed E-state index contributed by atoms with van der Waals surface area (Å²) in [4.78, 5) is 31.4. The van der Waals surface area contributed by atoms with E-state index in [0.29, 0.717) is 24.4 Å². The molecule has 1 aliphatic rings. The zero-order valence-corrected chi connectivity index (χ0v) is 15.4. The number of ether oxygens (including phenoxy) is 2. The lowest BCUT2D eigenvalue weighted by Crippen LogP contribution is -2.37. The van der Waals surface area contributed by atoms with Gasteiger partial charge in [0.2, 0.25) is 0 Å². The fraction of sp³-hybridized carbons (Fsp3) is 0.450. The van der Waals surface area contributed by atoms with Crippen LogP contribution in [-0.4, -0.2) is 48.1 Å². The Morgan fingerprint density at radius 1 is 1.31 bits per heavy atom. The van der Waals surface area contributed by atoms with Crippen molar-refractivity contribution in [3.63, 3.8) is 0 Å². The summed E-state index contributed by atoms with van der Waals surface area (Å²) in [5, 5.41) is 0.935. The highest BCUT2D eigenvalue weighted by molar-refractivity contribution is 5.98. The summed E-state index contributed by atoms with van der Waals surface area (Å²) in [7, 11) is 1.40. The van der Waals surface area contributed by atoms with Crippen molar-refractivity contribution in [2.45, 2.75) is 39.3 Å². The lowest BCUT2D eigenvalue weighted by atomic mass is 10.0. The topological polar surface area (TPSA) is 68.7 Å². The summed E-state index contributed by atoms with van der Waals surface area (Å²) in [6.07, 6.45) is 1.68. The number of aryl methyl sites for hydroxylation is 1. The van der Waals surface area contributed by atoms with Crippen molar-refractivity contribution < 1.29 is 19.1 Å². The zero-order chi connectivity index (χ0) is 18.7. The monoisotopic (exact) mass is 356 g/mol. The summed E-state index contributed by atoms with van der Waals surface area (Å²) >= 11 is 0. The van der Waals surface area contributed by atoms with Gasteiger partial charge in [-0.15, -0.1) is 0 Å². The molecule has 0 bridgehead atoms. The second-order valence-corrected chi connectivity index (χ2v) is 6.45. The van der Waals surface area contributed by atoms with Gasteiger partial charge < -0.3 is 9.47 Å². The molecule has 0 N–H and O–H groups in total. The molecule has 26 heavy (non-hydrogen) atoms.